The predicted octanol–water partition coefficient (Wildman–Crippen LogP) is 4.43. The zero-order valence-corrected chi connectivity index (χ0v) is 20.4. The van der Waals surface area contributed by atoms with Crippen molar-refractivity contribution in [3.63, 3.8) is 0 Å². The monoisotopic (exact) mass is 496 g/mol. The molecule has 0 saturated carbocycles. The average molecular weight is 497 g/mol. The molecule has 0 aliphatic heterocycles. The predicted molar refractivity (Wildman–Crippen MR) is 127 cm³/mol. The number of hydrogen-bond acceptors (Lipinski definition) is 5. The molecule has 0 aliphatic carbocycles. The van der Waals surface area contributed by atoms with Gasteiger partial charge in [0, 0.05) is 11.6 Å². The summed E-state index contributed by atoms with van der Waals surface area (Å²) in [4.78, 5) is 23.2. The normalized spacial score (nSPS) is 12.7. The SMILES string of the molecule is CC(C)(C)OC(=O)NCCCCC(NS(=O)(=O)c1ccc(-c2ccc(Cl)cc2)cc1)C(=O)O. The lowest BCUT2D eigenvalue weighted by molar-refractivity contribution is -0.139. The highest BCUT2D eigenvalue weighted by Gasteiger charge is 2.25. The average Bonchev–Trinajstić information content (AvgIpc) is 2.72. The van der Waals surface area contributed by atoms with Gasteiger partial charge in [0.05, 0.1) is 4.90 Å². The lowest BCUT2D eigenvalue weighted by Gasteiger charge is -2.19. The zero-order valence-electron chi connectivity index (χ0n) is 18.8. The molecule has 10 heteroatoms. The van der Waals surface area contributed by atoms with Crippen LogP contribution in [0.2, 0.25) is 5.02 Å². The zero-order chi connectivity index (χ0) is 24.6. The van der Waals surface area contributed by atoms with E-state index in [-0.39, 0.29) is 11.3 Å². The molecular weight excluding hydrogens is 468 g/mol. The minimum atomic E-state index is -4.03. The Labute approximate surface area is 199 Å². The molecule has 0 fully saturated rings. The molecule has 1 unspecified atom stereocenters. The van der Waals surface area contributed by atoms with Crippen LogP contribution in [-0.4, -0.2) is 43.8 Å². The van der Waals surface area contributed by atoms with E-state index in [4.69, 9.17) is 16.3 Å². The highest BCUT2D eigenvalue weighted by Crippen LogP contribution is 2.23. The minimum Gasteiger partial charge on any atom is -0.480 e. The fourth-order valence-corrected chi connectivity index (χ4v) is 4.28. The van der Waals surface area contributed by atoms with Gasteiger partial charge in [-0.1, -0.05) is 35.9 Å². The lowest BCUT2D eigenvalue weighted by Crippen LogP contribution is -2.40. The smallest absolute Gasteiger partial charge is 0.407 e. The molecule has 3 N–H and O–H groups in total. The lowest BCUT2D eigenvalue weighted by atomic mass is 10.1. The third-order valence-corrected chi connectivity index (χ3v) is 6.27. The first-order valence-electron chi connectivity index (χ1n) is 10.5. The molecule has 180 valence electrons. The van der Waals surface area contributed by atoms with E-state index >= 15 is 0 Å². The van der Waals surface area contributed by atoms with Crippen molar-refractivity contribution in [1.29, 1.82) is 0 Å². The molecule has 2 aromatic rings. The molecule has 8 nitrogen and oxygen atoms in total. The van der Waals surface area contributed by atoms with Crippen molar-refractivity contribution in [2.45, 2.75) is 56.6 Å². The van der Waals surface area contributed by atoms with Crippen molar-refractivity contribution in [1.82, 2.24) is 10.0 Å². The van der Waals surface area contributed by atoms with Gasteiger partial charge >= 0.3 is 12.1 Å². The van der Waals surface area contributed by atoms with Crippen LogP contribution in [0, 0.1) is 0 Å². The number of halogens is 1. The summed E-state index contributed by atoms with van der Waals surface area (Å²) >= 11 is 5.89. The first kappa shape index (κ1) is 26.6. The molecule has 0 aromatic heterocycles. The number of amides is 1. The Morgan fingerprint density at radius 2 is 1.55 bits per heavy atom. The third kappa shape index (κ3) is 9.03. The third-order valence-electron chi connectivity index (χ3n) is 4.53. The fourth-order valence-electron chi connectivity index (χ4n) is 2.94. The van der Waals surface area contributed by atoms with Gasteiger partial charge in [-0.2, -0.15) is 4.72 Å². The van der Waals surface area contributed by atoms with Crippen LogP contribution in [0.1, 0.15) is 40.0 Å². The molecule has 1 amide bonds. The van der Waals surface area contributed by atoms with Gasteiger partial charge in [-0.05, 0) is 75.4 Å². The summed E-state index contributed by atoms with van der Waals surface area (Å²) in [5, 5.41) is 12.6. The number of hydrogen-bond donors (Lipinski definition) is 3. The van der Waals surface area contributed by atoms with E-state index in [1.54, 1.807) is 45.0 Å². The van der Waals surface area contributed by atoms with Crippen LogP contribution in [-0.2, 0) is 19.6 Å². The molecule has 0 spiro atoms. The summed E-state index contributed by atoms with van der Waals surface area (Å²) in [5.74, 6) is -1.27. The second-order valence-corrected chi connectivity index (χ2v) is 10.6. The van der Waals surface area contributed by atoms with Crippen LogP contribution >= 0.6 is 11.6 Å². The van der Waals surface area contributed by atoms with Gasteiger partial charge in [-0.25, -0.2) is 13.2 Å². The van der Waals surface area contributed by atoms with Crippen LogP contribution in [0.5, 0.6) is 0 Å². The first-order valence-corrected chi connectivity index (χ1v) is 12.3. The van der Waals surface area contributed by atoms with Gasteiger partial charge < -0.3 is 15.2 Å². The Hall–Kier alpha value is -2.62. The summed E-state index contributed by atoms with van der Waals surface area (Å²) in [7, 11) is -4.03. The van der Waals surface area contributed by atoms with Crippen LogP contribution < -0.4 is 10.0 Å². The first-order chi connectivity index (χ1) is 15.4. The van der Waals surface area contributed by atoms with Crippen LogP contribution in [0.25, 0.3) is 11.1 Å². The highest BCUT2D eigenvalue weighted by atomic mass is 35.5. The summed E-state index contributed by atoms with van der Waals surface area (Å²) in [6.07, 6.45) is 0.388. The molecule has 0 bridgehead atoms. The van der Waals surface area contributed by atoms with Crippen molar-refractivity contribution >= 4 is 33.7 Å². The van der Waals surface area contributed by atoms with Crippen molar-refractivity contribution in [3.8, 4) is 11.1 Å². The number of rotatable bonds is 10. The van der Waals surface area contributed by atoms with Gasteiger partial charge in [-0.15, -0.1) is 0 Å². The maximum Gasteiger partial charge on any atom is 0.407 e. The van der Waals surface area contributed by atoms with Crippen molar-refractivity contribution in [3.05, 3.63) is 53.6 Å². The number of alkyl carbamates (subject to hydrolysis) is 1. The molecule has 0 aliphatic rings. The number of ether oxygens (including phenoxy) is 1. The topological polar surface area (TPSA) is 122 Å². The molecule has 33 heavy (non-hydrogen) atoms. The molecule has 0 radical (unpaired) electrons. The standard InChI is InChI=1S/C23H29ClN2O6S/c1-23(2,3)32-22(29)25-15-5-4-6-20(21(27)28)26-33(30,31)19-13-9-17(10-14-19)16-7-11-18(24)12-8-16/h7-14,20,26H,4-6,15H2,1-3H3,(H,25,29)(H,27,28). The van der Waals surface area contributed by atoms with Gasteiger partial charge in [-0.3, -0.25) is 4.79 Å². The van der Waals surface area contributed by atoms with E-state index in [0.29, 0.717) is 24.4 Å². The summed E-state index contributed by atoms with van der Waals surface area (Å²) < 4.78 is 32.7. The number of carboxylic acids is 1. The molecule has 1 atom stereocenters. The highest BCUT2D eigenvalue weighted by molar-refractivity contribution is 7.89. The Kier molecular flexibility index (Phi) is 9.27. The number of carbonyl (C=O) groups is 2. The Balaban J connectivity index is 1.91. The second-order valence-electron chi connectivity index (χ2n) is 8.47. The minimum absolute atomic E-state index is 0.0296. The Morgan fingerprint density at radius 3 is 2.06 bits per heavy atom. The van der Waals surface area contributed by atoms with Crippen LogP contribution in [0.15, 0.2) is 53.4 Å². The summed E-state index contributed by atoms with van der Waals surface area (Å²) in [5.41, 5.74) is 1.07. The maximum atomic E-state index is 12.7. The largest absolute Gasteiger partial charge is 0.480 e. The Morgan fingerprint density at radius 1 is 1.00 bits per heavy atom. The molecule has 2 rings (SSSR count). The van der Waals surface area contributed by atoms with E-state index in [1.807, 2.05) is 12.1 Å². The van der Waals surface area contributed by atoms with Gasteiger partial charge in [0.25, 0.3) is 0 Å². The van der Waals surface area contributed by atoms with E-state index in [0.717, 1.165) is 11.1 Å². The number of aliphatic carboxylic acids is 1. The van der Waals surface area contributed by atoms with E-state index in [1.165, 1.54) is 12.1 Å². The van der Waals surface area contributed by atoms with Gasteiger partial charge in [0.15, 0.2) is 0 Å². The number of unbranched alkanes of at least 4 members (excludes halogenated alkanes) is 1. The van der Waals surface area contributed by atoms with Crippen molar-refractivity contribution < 1.29 is 27.9 Å². The number of sulfonamides is 1. The van der Waals surface area contributed by atoms with Crippen molar-refractivity contribution in [2.75, 3.05) is 6.54 Å². The second kappa shape index (κ2) is 11.5. The molecule has 0 saturated heterocycles. The van der Waals surface area contributed by atoms with Crippen molar-refractivity contribution in [2.24, 2.45) is 0 Å². The number of carboxylic acid groups (broad SMARTS) is 1. The number of nitrogens with one attached hydrogen (secondary N) is 2. The van der Waals surface area contributed by atoms with Crippen LogP contribution in [0.3, 0.4) is 0 Å². The fraction of sp³-hybridized carbons (Fsp3) is 0.391. The molecule has 2 aromatic carbocycles. The van der Waals surface area contributed by atoms with Crippen LogP contribution in [0.4, 0.5) is 4.79 Å². The van der Waals surface area contributed by atoms with E-state index in [9.17, 15) is 23.1 Å². The number of benzene rings is 2. The summed E-state index contributed by atoms with van der Waals surface area (Å²) in [6, 6.07) is 12.0. The van der Waals surface area contributed by atoms with Gasteiger partial charge in [0.2, 0.25) is 10.0 Å². The van der Waals surface area contributed by atoms with E-state index < -0.39 is 33.7 Å². The van der Waals surface area contributed by atoms with Gasteiger partial charge in [0.1, 0.15) is 11.6 Å². The number of carbonyl (C=O) groups excluding carboxylic acids is 1. The quantitative estimate of drug-likeness (QED) is 0.418. The van der Waals surface area contributed by atoms with E-state index in [2.05, 4.69) is 10.0 Å². The molecular formula is C23H29ClN2O6S. The maximum absolute atomic E-state index is 12.7. The Bertz CT molecular complexity index is 1050. The summed E-state index contributed by atoms with van der Waals surface area (Å²) in [6.45, 7) is 5.55. The molecule has 0 heterocycles.